The van der Waals surface area contributed by atoms with Gasteiger partial charge in [0.15, 0.2) is 17.4 Å². The summed E-state index contributed by atoms with van der Waals surface area (Å²) in [6, 6.07) is 6.84. The van der Waals surface area contributed by atoms with Crippen LogP contribution >= 0.6 is 0 Å². The molecule has 8 heteroatoms. The van der Waals surface area contributed by atoms with E-state index in [-0.39, 0.29) is 11.9 Å². The number of amides is 1. The number of aromatic nitrogens is 4. The van der Waals surface area contributed by atoms with Crippen molar-refractivity contribution in [1.29, 1.82) is 0 Å². The van der Waals surface area contributed by atoms with Gasteiger partial charge in [0.05, 0.1) is 18.5 Å². The molecule has 128 valence electrons. The molecule has 4 rings (SSSR count). The molecule has 0 bridgehead atoms. The first kappa shape index (κ1) is 15.4. The van der Waals surface area contributed by atoms with Crippen molar-refractivity contribution in [3.05, 3.63) is 60.3 Å². The predicted octanol–water partition coefficient (Wildman–Crippen LogP) is 2.06. The van der Waals surface area contributed by atoms with Gasteiger partial charge in [-0.25, -0.2) is 0 Å². The van der Waals surface area contributed by atoms with Crippen LogP contribution in [0.5, 0.6) is 5.75 Å². The van der Waals surface area contributed by atoms with Crippen LogP contribution in [-0.2, 0) is 13.2 Å². The van der Waals surface area contributed by atoms with Crippen LogP contribution in [-0.4, -0.2) is 37.1 Å². The lowest BCUT2D eigenvalue weighted by molar-refractivity contribution is 0.0602. The highest BCUT2D eigenvalue weighted by Gasteiger charge is 2.32. The predicted molar refractivity (Wildman–Crippen MR) is 86.8 cm³/mol. The monoisotopic (exact) mass is 339 g/mol. The number of fused-ring (bicyclic) bond motifs is 1. The fraction of sp³-hybridized carbons (Fsp3) is 0.294. The second kappa shape index (κ2) is 6.39. The molecule has 0 radical (unpaired) electrons. The fourth-order valence-electron chi connectivity index (χ4n) is 2.95. The summed E-state index contributed by atoms with van der Waals surface area (Å²) < 4.78 is 12.9. The van der Waals surface area contributed by atoms with Crippen molar-refractivity contribution in [3.63, 3.8) is 0 Å². The van der Waals surface area contributed by atoms with Crippen LogP contribution < -0.4 is 4.74 Å². The molecule has 0 saturated heterocycles. The van der Waals surface area contributed by atoms with E-state index in [0.29, 0.717) is 31.2 Å². The third-order valence-electron chi connectivity index (χ3n) is 4.26. The van der Waals surface area contributed by atoms with Gasteiger partial charge in [0.25, 0.3) is 5.91 Å². The Morgan fingerprint density at radius 3 is 3.00 bits per heavy atom. The first-order valence-corrected chi connectivity index (χ1v) is 8.03. The number of hydrogen-bond acceptors (Lipinski definition) is 6. The number of pyridine rings is 1. The lowest BCUT2D eigenvalue weighted by atomic mass is 10.2. The van der Waals surface area contributed by atoms with Crippen molar-refractivity contribution < 1.29 is 13.9 Å². The van der Waals surface area contributed by atoms with Gasteiger partial charge in [0.2, 0.25) is 0 Å². The van der Waals surface area contributed by atoms with Crippen LogP contribution in [0, 0.1) is 0 Å². The van der Waals surface area contributed by atoms with Crippen LogP contribution in [0.3, 0.4) is 0 Å². The third-order valence-corrected chi connectivity index (χ3v) is 4.26. The number of carbonyl (C=O) groups excluding carboxylic acids is 1. The van der Waals surface area contributed by atoms with Gasteiger partial charge in [-0.1, -0.05) is 0 Å². The molecule has 0 saturated carbocycles. The third kappa shape index (κ3) is 2.86. The van der Waals surface area contributed by atoms with E-state index in [0.717, 1.165) is 11.6 Å². The number of ether oxygens (including phenoxy) is 1. The largest absolute Gasteiger partial charge is 0.484 e. The Morgan fingerprint density at radius 2 is 2.24 bits per heavy atom. The van der Waals surface area contributed by atoms with Crippen LogP contribution in [0.4, 0.5) is 0 Å². The SMILES string of the molecule is C[C@H]1c2nnc(COc3cccnc3)n2CCN1C(=O)c1ccco1. The molecular weight excluding hydrogens is 322 g/mol. The second-order valence-electron chi connectivity index (χ2n) is 5.76. The van der Waals surface area contributed by atoms with E-state index >= 15 is 0 Å². The Hall–Kier alpha value is -3.16. The van der Waals surface area contributed by atoms with E-state index < -0.39 is 0 Å². The maximum absolute atomic E-state index is 12.5. The first-order chi connectivity index (χ1) is 12.2. The van der Waals surface area contributed by atoms with Crippen molar-refractivity contribution in [2.45, 2.75) is 26.1 Å². The molecule has 0 unspecified atom stereocenters. The Kier molecular flexibility index (Phi) is 3.93. The Morgan fingerprint density at radius 1 is 1.32 bits per heavy atom. The van der Waals surface area contributed by atoms with Crippen LogP contribution in [0.1, 0.15) is 35.2 Å². The standard InChI is InChI=1S/C17H17N5O3/c1-12-16-20-19-15(11-25-13-4-2-6-18-10-13)22(16)8-7-21(12)17(23)14-5-3-9-24-14/h2-6,9-10,12H,7-8,11H2,1H3/t12-/m0/s1. The second-order valence-corrected chi connectivity index (χ2v) is 5.76. The van der Waals surface area contributed by atoms with Crippen molar-refractivity contribution >= 4 is 5.91 Å². The molecule has 1 amide bonds. The van der Waals surface area contributed by atoms with Crippen LogP contribution in [0.25, 0.3) is 0 Å². The molecule has 1 aliphatic rings. The van der Waals surface area contributed by atoms with Gasteiger partial charge < -0.3 is 18.6 Å². The van der Waals surface area contributed by atoms with E-state index in [1.54, 1.807) is 29.4 Å². The zero-order chi connectivity index (χ0) is 17.2. The highest BCUT2D eigenvalue weighted by atomic mass is 16.5. The van der Waals surface area contributed by atoms with E-state index in [4.69, 9.17) is 9.15 Å². The number of furan rings is 1. The molecule has 25 heavy (non-hydrogen) atoms. The minimum absolute atomic E-state index is 0.139. The minimum atomic E-state index is -0.189. The molecule has 8 nitrogen and oxygen atoms in total. The van der Waals surface area contributed by atoms with E-state index in [9.17, 15) is 4.79 Å². The average Bonchev–Trinajstić information content (AvgIpc) is 3.31. The lowest BCUT2D eigenvalue weighted by Crippen LogP contribution is -2.41. The summed E-state index contributed by atoms with van der Waals surface area (Å²) in [4.78, 5) is 18.3. The van der Waals surface area contributed by atoms with E-state index in [1.165, 1.54) is 6.26 Å². The highest BCUT2D eigenvalue weighted by Crippen LogP contribution is 2.26. The van der Waals surface area contributed by atoms with Gasteiger partial charge in [-0.05, 0) is 31.2 Å². The molecule has 3 aromatic rings. The van der Waals surface area contributed by atoms with Crippen molar-refractivity contribution in [3.8, 4) is 5.75 Å². The summed E-state index contributed by atoms with van der Waals surface area (Å²) in [5, 5.41) is 8.48. The zero-order valence-corrected chi connectivity index (χ0v) is 13.7. The van der Waals surface area contributed by atoms with Gasteiger partial charge >= 0.3 is 0 Å². The Balaban J connectivity index is 1.50. The topological polar surface area (TPSA) is 86.3 Å². The Labute approximate surface area is 144 Å². The summed E-state index contributed by atoms with van der Waals surface area (Å²) in [5.41, 5.74) is 0. The number of hydrogen-bond donors (Lipinski definition) is 0. The van der Waals surface area contributed by atoms with Crippen molar-refractivity contribution in [2.24, 2.45) is 0 Å². The van der Waals surface area contributed by atoms with E-state index in [2.05, 4.69) is 15.2 Å². The maximum atomic E-state index is 12.5. The molecule has 1 aliphatic heterocycles. The molecule has 0 fully saturated rings. The summed E-state index contributed by atoms with van der Waals surface area (Å²) >= 11 is 0. The molecule has 3 aromatic heterocycles. The Bertz CT molecular complexity index is 860. The number of carbonyl (C=O) groups is 1. The average molecular weight is 339 g/mol. The smallest absolute Gasteiger partial charge is 0.290 e. The zero-order valence-electron chi connectivity index (χ0n) is 13.7. The number of nitrogens with zero attached hydrogens (tertiary/aromatic N) is 5. The van der Waals surface area contributed by atoms with Crippen molar-refractivity contribution in [1.82, 2.24) is 24.6 Å². The maximum Gasteiger partial charge on any atom is 0.290 e. The summed E-state index contributed by atoms with van der Waals surface area (Å²) in [6.07, 6.45) is 4.84. The fourth-order valence-corrected chi connectivity index (χ4v) is 2.95. The van der Waals surface area contributed by atoms with Crippen LogP contribution in [0.15, 0.2) is 47.3 Å². The molecular formula is C17H17N5O3. The van der Waals surface area contributed by atoms with E-state index in [1.807, 2.05) is 23.6 Å². The molecule has 0 N–H and O–H groups in total. The molecule has 0 spiro atoms. The van der Waals surface area contributed by atoms with Gasteiger partial charge in [-0.15, -0.1) is 10.2 Å². The molecule has 4 heterocycles. The highest BCUT2D eigenvalue weighted by molar-refractivity contribution is 5.91. The summed E-state index contributed by atoms with van der Waals surface area (Å²) in [6.45, 7) is 3.42. The summed E-state index contributed by atoms with van der Waals surface area (Å²) in [7, 11) is 0. The van der Waals surface area contributed by atoms with Gasteiger partial charge in [0, 0.05) is 19.3 Å². The lowest BCUT2D eigenvalue weighted by Gasteiger charge is -2.33. The first-order valence-electron chi connectivity index (χ1n) is 8.03. The minimum Gasteiger partial charge on any atom is -0.484 e. The van der Waals surface area contributed by atoms with Gasteiger partial charge in [-0.3, -0.25) is 9.78 Å². The number of rotatable bonds is 4. The molecule has 1 atom stereocenters. The van der Waals surface area contributed by atoms with Gasteiger partial charge in [-0.2, -0.15) is 0 Å². The summed E-state index contributed by atoms with van der Waals surface area (Å²) in [5.74, 6) is 2.35. The van der Waals surface area contributed by atoms with Crippen molar-refractivity contribution in [2.75, 3.05) is 6.54 Å². The molecule has 0 aliphatic carbocycles. The molecule has 0 aromatic carbocycles. The van der Waals surface area contributed by atoms with Crippen LogP contribution in [0.2, 0.25) is 0 Å². The quantitative estimate of drug-likeness (QED) is 0.723. The van der Waals surface area contributed by atoms with Gasteiger partial charge in [0.1, 0.15) is 12.4 Å². The normalized spacial score (nSPS) is 16.5.